The van der Waals surface area contributed by atoms with E-state index >= 15 is 0 Å². The number of aromatic nitrogens is 2. The zero-order chi connectivity index (χ0) is 19.6. The van der Waals surface area contributed by atoms with Gasteiger partial charge >= 0.3 is 5.97 Å². The molecule has 0 atom stereocenters. The predicted octanol–water partition coefficient (Wildman–Crippen LogP) is 3.25. The Morgan fingerprint density at radius 2 is 1.81 bits per heavy atom. The van der Waals surface area contributed by atoms with Gasteiger partial charge < -0.3 is 19.2 Å². The summed E-state index contributed by atoms with van der Waals surface area (Å²) in [5.74, 6) is -3.01. The van der Waals surface area contributed by atoms with Crippen molar-refractivity contribution in [1.29, 1.82) is 0 Å². The van der Waals surface area contributed by atoms with E-state index in [-0.39, 0.29) is 18.0 Å². The van der Waals surface area contributed by atoms with Crippen molar-refractivity contribution in [2.75, 3.05) is 5.32 Å². The predicted molar refractivity (Wildman–Crippen MR) is 94.3 cm³/mol. The number of hydrogen-bond donors (Lipinski definition) is 1. The zero-order valence-electron chi connectivity index (χ0n) is 14.7. The number of rotatable bonds is 5. The molecule has 0 saturated heterocycles. The molecular formula is C19H17F2N3O3. The van der Waals surface area contributed by atoms with Crippen LogP contribution in [0.5, 0.6) is 0 Å². The lowest BCUT2D eigenvalue weighted by atomic mass is 10.3. The molecule has 3 aromatic rings. The monoisotopic (exact) mass is 373 g/mol. The van der Waals surface area contributed by atoms with Crippen molar-refractivity contribution in [1.82, 2.24) is 9.13 Å². The summed E-state index contributed by atoms with van der Waals surface area (Å²) < 4.78 is 34.7. The van der Waals surface area contributed by atoms with Crippen molar-refractivity contribution in [3.63, 3.8) is 0 Å². The van der Waals surface area contributed by atoms with E-state index in [1.54, 1.807) is 53.7 Å². The van der Waals surface area contributed by atoms with Crippen LogP contribution < -0.4 is 5.32 Å². The highest BCUT2D eigenvalue weighted by molar-refractivity contribution is 6.03. The molecule has 0 saturated carbocycles. The third-order valence-electron chi connectivity index (χ3n) is 4.14. The van der Waals surface area contributed by atoms with E-state index in [4.69, 9.17) is 4.74 Å². The number of anilines is 1. The minimum atomic E-state index is -1.05. The second-order valence-corrected chi connectivity index (χ2v) is 5.93. The van der Waals surface area contributed by atoms with Gasteiger partial charge in [-0.15, -0.1) is 0 Å². The summed E-state index contributed by atoms with van der Waals surface area (Å²) in [7, 11) is 3.38. The number of esters is 1. The van der Waals surface area contributed by atoms with Crippen LogP contribution in [0.1, 0.15) is 26.7 Å². The molecule has 0 radical (unpaired) electrons. The van der Waals surface area contributed by atoms with Crippen LogP contribution in [0.2, 0.25) is 0 Å². The molecule has 1 aromatic carbocycles. The summed E-state index contributed by atoms with van der Waals surface area (Å²) in [5.41, 5.74) is 1.44. The lowest BCUT2D eigenvalue weighted by Crippen LogP contribution is -2.17. The second-order valence-electron chi connectivity index (χ2n) is 5.93. The minimum Gasteiger partial charge on any atom is -0.455 e. The summed E-state index contributed by atoms with van der Waals surface area (Å²) in [6.07, 6.45) is 1.74. The fourth-order valence-corrected chi connectivity index (χ4v) is 2.58. The summed E-state index contributed by atoms with van der Waals surface area (Å²) in [6, 6.07) is 9.69. The zero-order valence-corrected chi connectivity index (χ0v) is 14.7. The maximum Gasteiger partial charge on any atom is 0.355 e. The number of nitrogens with one attached hydrogen (secondary N) is 1. The number of hydrogen-bond acceptors (Lipinski definition) is 3. The first kappa shape index (κ1) is 18.4. The third kappa shape index (κ3) is 3.89. The van der Waals surface area contributed by atoms with Gasteiger partial charge in [0.1, 0.15) is 18.0 Å². The first-order valence-corrected chi connectivity index (χ1v) is 8.06. The van der Waals surface area contributed by atoms with Gasteiger partial charge in [-0.25, -0.2) is 13.6 Å². The smallest absolute Gasteiger partial charge is 0.355 e. The van der Waals surface area contributed by atoms with Crippen LogP contribution in [-0.2, 0) is 25.4 Å². The average Bonchev–Trinajstić information content (AvgIpc) is 3.22. The number of nitrogens with zero attached hydrogens (tertiary/aromatic N) is 2. The highest BCUT2D eigenvalue weighted by atomic mass is 19.2. The van der Waals surface area contributed by atoms with E-state index in [1.165, 1.54) is 6.07 Å². The molecule has 0 bridgehead atoms. The van der Waals surface area contributed by atoms with Crippen LogP contribution in [0.3, 0.4) is 0 Å². The molecule has 8 heteroatoms. The number of ether oxygens (including phenoxy) is 1. The van der Waals surface area contributed by atoms with Crippen molar-refractivity contribution < 1.29 is 23.1 Å². The lowest BCUT2D eigenvalue weighted by Gasteiger charge is -2.10. The molecule has 0 aliphatic carbocycles. The van der Waals surface area contributed by atoms with Gasteiger partial charge in [0.05, 0.1) is 5.69 Å². The normalized spacial score (nSPS) is 10.7. The van der Waals surface area contributed by atoms with Crippen LogP contribution in [0.25, 0.3) is 0 Å². The van der Waals surface area contributed by atoms with Crippen molar-refractivity contribution in [3.8, 4) is 0 Å². The molecule has 3 rings (SSSR count). The standard InChI is InChI=1S/C19H17F2N3O3/c1-23-9-3-4-17(23)19(26)27-11-13-6-8-16(24(13)2)18(25)22-12-5-7-14(20)15(21)10-12/h3-10H,11H2,1-2H3,(H,22,25). The molecule has 2 heterocycles. The van der Waals surface area contributed by atoms with Gasteiger partial charge in [0.15, 0.2) is 11.6 Å². The average molecular weight is 373 g/mol. The summed E-state index contributed by atoms with van der Waals surface area (Å²) >= 11 is 0. The SMILES string of the molecule is Cn1cccc1C(=O)OCc1ccc(C(=O)Nc2ccc(F)c(F)c2)n1C. The molecule has 2 aromatic heterocycles. The minimum absolute atomic E-state index is 0.0149. The van der Waals surface area contributed by atoms with Crippen LogP contribution in [0, 0.1) is 11.6 Å². The number of carbonyl (C=O) groups excluding carboxylic acids is 2. The Labute approximate surface area is 154 Å². The third-order valence-corrected chi connectivity index (χ3v) is 4.14. The van der Waals surface area contributed by atoms with Gasteiger partial charge in [0.2, 0.25) is 0 Å². The Balaban J connectivity index is 1.67. The van der Waals surface area contributed by atoms with E-state index < -0.39 is 23.5 Å². The van der Waals surface area contributed by atoms with Gasteiger partial charge in [-0.3, -0.25) is 4.79 Å². The molecule has 140 valence electrons. The Morgan fingerprint density at radius 1 is 1.04 bits per heavy atom. The quantitative estimate of drug-likeness (QED) is 0.699. The summed E-state index contributed by atoms with van der Waals surface area (Å²) in [4.78, 5) is 24.4. The summed E-state index contributed by atoms with van der Waals surface area (Å²) in [6.45, 7) is -0.0149. The highest BCUT2D eigenvalue weighted by Crippen LogP contribution is 2.16. The lowest BCUT2D eigenvalue weighted by molar-refractivity contribution is 0.0453. The molecule has 0 aliphatic heterocycles. The van der Waals surface area contributed by atoms with Gasteiger partial charge in [-0.2, -0.15) is 0 Å². The largest absolute Gasteiger partial charge is 0.455 e. The number of halogens is 2. The fraction of sp³-hybridized carbons (Fsp3) is 0.158. The Hall–Kier alpha value is -3.42. The second kappa shape index (κ2) is 7.45. The van der Waals surface area contributed by atoms with Crippen molar-refractivity contribution in [2.45, 2.75) is 6.61 Å². The van der Waals surface area contributed by atoms with Gasteiger partial charge in [-0.1, -0.05) is 0 Å². The molecule has 1 amide bonds. The summed E-state index contributed by atoms with van der Waals surface area (Å²) in [5, 5.41) is 2.50. The van der Waals surface area contributed by atoms with Gasteiger partial charge in [0.25, 0.3) is 5.91 Å². The molecule has 1 N–H and O–H groups in total. The van der Waals surface area contributed by atoms with Crippen LogP contribution >= 0.6 is 0 Å². The molecule has 0 aliphatic rings. The number of benzene rings is 1. The Kier molecular flexibility index (Phi) is 5.07. The topological polar surface area (TPSA) is 65.3 Å². The van der Waals surface area contributed by atoms with E-state index in [0.29, 0.717) is 11.4 Å². The van der Waals surface area contributed by atoms with E-state index in [2.05, 4.69) is 5.32 Å². The highest BCUT2D eigenvalue weighted by Gasteiger charge is 2.16. The number of amides is 1. The molecule has 27 heavy (non-hydrogen) atoms. The first-order chi connectivity index (χ1) is 12.9. The van der Waals surface area contributed by atoms with E-state index in [1.807, 2.05) is 0 Å². The Bertz CT molecular complexity index is 1010. The number of aryl methyl sites for hydroxylation is 1. The Morgan fingerprint density at radius 3 is 2.48 bits per heavy atom. The van der Waals surface area contributed by atoms with Crippen molar-refractivity contribution in [3.05, 3.63) is 77.4 Å². The van der Waals surface area contributed by atoms with Gasteiger partial charge in [-0.05, 0) is 36.4 Å². The van der Waals surface area contributed by atoms with Crippen LogP contribution in [0.4, 0.5) is 14.5 Å². The van der Waals surface area contributed by atoms with Crippen molar-refractivity contribution in [2.24, 2.45) is 14.1 Å². The number of carbonyl (C=O) groups is 2. The van der Waals surface area contributed by atoms with Crippen molar-refractivity contribution >= 4 is 17.6 Å². The molecule has 0 fully saturated rings. The molecule has 0 unspecified atom stereocenters. The van der Waals surface area contributed by atoms with Gasteiger partial charge in [0, 0.05) is 32.0 Å². The first-order valence-electron chi connectivity index (χ1n) is 8.06. The van der Waals surface area contributed by atoms with Crippen LogP contribution in [-0.4, -0.2) is 21.0 Å². The fourth-order valence-electron chi connectivity index (χ4n) is 2.58. The van der Waals surface area contributed by atoms with E-state index in [0.717, 1.165) is 12.1 Å². The molecular weight excluding hydrogens is 356 g/mol. The van der Waals surface area contributed by atoms with E-state index in [9.17, 15) is 18.4 Å². The maximum atomic E-state index is 13.3. The molecule has 0 spiro atoms. The van der Waals surface area contributed by atoms with Crippen LogP contribution in [0.15, 0.2) is 48.7 Å². The maximum absolute atomic E-state index is 13.3. The molecule has 6 nitrogen and oxygen atoms in total.